The molecule has 1 rings (SSSR count). The van der Waals surface area contributed by atoms with Crippen molar-refractivity contribution >= 4 is 11.8 Å². The third-order valence-corrected chi connectivity index (χ3v) is 2.43. The van der Waals surface area contributed by atoms with Crippen molar-refractivity contribution in [1.82, 2.24) is 0 Å². The number of hydrogen-bond acceptors (Lipinski definition) is 5. The predicted molar refractivity (Wildman–Crippen MR) is 69.4 cm³/mol. The van der Waals surface area contributed by atoms with Gasteiger partial charge >= 0.3 is 5.97 Å². The summed E-state index contributed by atoms with van der Waals surface area (Å²) >= 11 is 0. The normalized spacial score (nSPS) is 11.7. The van der Waals surface area contributed by atoms with Gasteiger partial charge in [-0.2, -0.15) is 0 Å². The zero-order valence-corrected chi connectivity index (χ0v) is 11.3. The number of para-hydroxylation sites is 1. The molecule has 0 spiro atoms. The molecule has 0 aliphatic rings. The van der Waals surface area contributed by atoms with Crippen LogP contribution in [0.25, 0.3) is 0 Å². The highest BCUT2D eigenvalue weighted by molar-refractivity contribution is 5.96. The number of carbonyl (C=O) groups excluding carboxylic acids is 2. The van der Waals surface area contributed by atoms with E-state index < -0.39 is 12.1 Å². The van der Waals surface area contributed by atoms with Crippen LogP contribution in [0.15, 0.2) is 24.3 Å². The third-order valence-electron chi connectivity index (χ3n) is 2.43. The maximum Gasteiger partial charge on any atom is 0.347 e. The summed E-state index contributed by atoms with van der Waals surface area (Å²) in [7, 11) is 1.52. The molecular weight excluding hydrogens is 248 g/mol. The number of benzene rings is 1. The van der Waals surface area contributed by atoms with Gasteiger partial charge in [0.05, 0.1) is 12.2 Å². The molecule has 0 amide bonds. The second-order valence-corrected chi connectivity index (χ2v) is 3.97. The van der Waals surface area contributed by atoms with Gasteiger partial charge in [-0.15, -0.1) is 0 Å². The molecule has 0 saturated carbocycles. The molecule has 0 bridgehead atoms. The summed E-state index contributed by atoms with van der Waals surface area (Å²) < 4.78 is 15.2. The van der Waals surface area contributed by atoms with Gasteiger partial charge < -0.3 is 14.2 Å². The van der Waals surface area contributed by atoms with E-state index in [0.717, 1.165) is 0 Å². The lowest BCUT2D eigenvalue weighted by molar-refractivity contribution is -0.152. The standard InChI is InChI=1S/C14H18O5/c1-10(15)12-6-4-5-7-13(12)19-11(2)14(16)18-9-8-17-3/h4-7,11H,8-9H2,1-3H3. The van der Waals surface area contributed by atoms with Crippen LogP contribution >= 0.6 is 0 Å². The van der Waals surface area contributed by atoms with Crippen LogP contribution in [-0.4, -0.2) is 38.2 Å². The summed E-state index contributed by atoms with van der Waals surface area (Å²) in [5.41, 5.74) is 0.444. The summed E-state index contributed by atoms with van der Waals surface area (Å²) in [6.07, 6.45) is -0.780. The van der Waals surface area contributed by atoms with Crippen molar-refractivity contribution in [3.05, 3.63) is 29.8 Å². The molecule has 0 saturated heterocycles. The largest absolute Gasteiger partial charge is 0.478 e. The molecule has 1 aromatic carbocycles. The van der Waals surface area contributed by atoms with E-state index in [-0.39, 0.29) is 12.4 Å². The maximum atomic E-state index is 11.6. The zero-order valence-electron chi connectivity index (χ0n) is 11.3. The van der Waals surface area contributed by atoms with Gasteiger partial charge in [0, 0.05) is 7.11 Å². The molecule has 0 heterocycles. The summed E-state index contributed by atoms with van der Waals surface area (Å²) in [6.45, 7) is 3.54. The first-order valence-corrected chi connectivity index (χ1v) is 5.98. The third kappa shape index (κ3) is 4.71. The number of methoxy groups -OCH3 is 1. The first kappa shape index (κ1) is 15.2. The minimum absolute atomic E-state index is 0.115. The molecular formula is C14H18O5. The predicted octanol–water partition coefficient (Wildman–Crippen LogP) is 1.85. The lowest BCUT2D eigenvalue weighted by Gasteiger charge is -2.15. The molecule has 0 radical (unpaired) electrons. The molecule has 0 aromatic heterocycles. The van der Waals surface area contributed by atoms with E-state index in [2.05, 4.69) is 0 Å². The molecule has 0 fully saturated rings. The zero-order chi connectivity index (χ0) is 14.3. The Balaban J connectivity index is 2.63. The van der Waals surface area contributed by atoms with Crippen molar-refractivity contribution in [3.63, 3.8) is 0 Å². The number of carbonyl (C=O) groups is 2. The van der Waals surface area contributed by atoms with Crippen molar-refractivity contribution in [2.75, 3.05) is 20.3 Å². The number of hydrogen-bond donors (Lipinski definition) is 0. The monoisotopic (exact) mass is 266 g/mol. The van der Waals surface area contributed by atoms with Crippen LogP contribution < -0.4 is 4.74 Å². The molecule has 5 nitrogen and oxygen atoms in total. The smallest absolute Gasteiger partial charge is 0.347 e. The van der Waals surface area contributed by atoms with Gasteiger partial charge in [-0.05, 0) is 26.0 Å². The Bertz CT molecular complexity index is 441. The molecule has 1 aromatic rings. The second kappa shape index (κ2) is 7.53. The number of Topliss-reactive ketones (excluding diaryl/α,β-unsaturated/α-hetero) is 1. The van der Waals surface area contributed by atoms with Crippen molar-refractivity contribution < 1.29 is 23.8 Å². The van der Waals surface area contributed by atoms with Crippen molar-refractivity contribution in [2.24, 2.45) is 0 Å². The highest BCUT2D eigenvalue weighted by Crippen LogP contribution is 2.20. The average Bonchev–Trinajstić information content (AvgIpc) is 2.39. The minimum atomic E-state index is -0.780. The molecule has 0 aliphatic heterocycles. The molecule has 1 unspecified atom stereocenters. The van der Waals surface area contributed by atoms with Crippen LogP contribution in [0.3, 0.4) is 0 Å². The fraction of sp³-hybridized carbons (Fsp3) is 0.429. The van der Waals surface area contributed by atoms with E-state index >= 15 is 0 Å². The van der Waals surface area contributed by atoms with E-state index in [1.807, 2.05) is 0 Å². The first-order valence-electron chi connectivity index (χ1n) is 5.98. The van der Waals surface area contributed by atoms with E-state index in [4.69, 9.17) is 14.2 Å². The summed E-state index contributed by atoms with van der Waals surface area (Å²) in [4.78, 5) is 23.0. The Morgan fingerprint density at radius 2 is 1.89 bits per heavy atom. The van der Waals surface area contributed by atoms with Crippen LogP contribution in [0.1, 0.15) is 24.2 Å². The summed E-state index contributed by atoms with van der Waals surface area (Å²) in [6, 6.07) is 6.78. The molecule has 1 atom stereocenters. The van der Waals surface area contributed by atoms with E-state index in [9.17, 15) is 9.59 Å². The van der Waals surface area contributed by atoms with Crippen LogP contribution in [0, 0.1) is 0 Å². The quantitative estimate of drug-likeness (QED) is 0.428. The number of ether oxygens (including phenoxy) is 3. The Labute approximate surface area is 112 Å². The van der Waals surface area contributed by atoms with Crippen molar-refractivity contribution in [1.29, 1.82) is 0 Å². The number of esters is 1. The van der Waals surface area contributed by atoms with Crippen molar-refractivity contribution in [2.45, 2.75) is 20.0 Å². The van der Waals surface area contributed by atoms with Crippen LogP contribution in [0.4, 0.5) is 0 Å². The molecule has 19 heavy (non-hydrogen) atoms. The molecule has 0 N–H and O–H groups in total. The maximum absolute atomic E-state index is 11.6. The highest BCUT2D eigenvalue weighted by atomic mass is 16.6. The fourth-order valence-corrected chi connectivity index (χ4v) is 1.44. The highest BCUT2D eigenvalue weighted by Gasteiger charge is 2.18. The Morgan fingerprint density at radius 3 is 2.53 bits per heavy atom. The second-order valence-electron chi connectivity index (χ2n) is 3.97. The molecule has 0 aliphatic carbocycles. The van der Waals surface area contributed by atoms with Gasteiger partial charge in [-0.25, -0.2) is 4.79 Å². The van der Waals surface area contributed by atoms with Gasteiger partial charge in [0.2, 0.25) is 0 Å². The molecule has 5 heteroatoms. The van der Waals surface area contributed by atoms with Gasteiger partial charge in [0.1, 0.15) is 12.4 Å². The van der Waals surface area contributed by atoms with Crippen LogP contribution in [-0.2, 0) is 14.3 Å². The molecule has 104 valence electrons. The van der Waals surface area contributed by atoms with Gasteiger partial charge in [0.25, 0.3) is 0 Å². The van der Waals surface area contributed by atoms with E-state index in [1.54, 1.807) is 31.2 Å². The number of rotatable bonds is 7. The Hall–Kier alpha value is -1.88. The lowest BCUT2D eigenvalue weighted by Crippen LogP contribution is -2.27. The van der Waals surface area contributed by atoms with Crippen LogP contribution in [0.5, 0.6) is 5.75 Å². The van der Waals surface area contributed by atoms with E-state index in [0.29, 0.717) is 17.9 Å². The van der Waals surface area contributed by atoms with Gasteiger partial charge in [0.15, 0.2) is 11.9 Å². The lowest BCUT2D eigenvalue weighted by atomic mass is 10.1. The van der Waals surface area contributed by atoms with Crippen LogP contribution in [0.2, 0.25) is 0 Å². The van der Waals surface area contributed by atoms with E-state index in [1.165, 1.54) is 14.0 Å². The van der Waals surface area contributed by atoms with Gasteiger partial charge in [-0.3, -0.25) is 4.79 Å². The Morgan fingerprint density at radius 1 is 1.21 bits per heavy atom. The first-order chi connectivity index (χ1) is 9.06. The minimum Gasteiger partial charge on any atom is -0.478 e. The topological polar surface area (TPSA) is 61.8 Å². The SMILES string of the molecule is COCCOC(=O)C(C)Oc1ccccc1C(C)=O. The van der Waals surface area contributed by atoms with Gasteiger partial charge in [-0.1, -0.05) is 12.1 Å². The Kier molecular flexibility index (Phi) is 6.02. The number of ketones is 1. The summed E-state index contributed by atoms with van der Waals surface area (Å²) in [5.74, 6) is -0.225. The van der Waals surface area contributed by atoms with Crippen molar-refractivity contribution in [3.8, 4) is 5.75 Å². The fourth-order valence-electron chi connectivity index (χ4n) is 1.44. The summed E-state index contributed by atoms with van der Waals surface area (Å²) in [5, 5.41) is 0. The average molecular weight is 266 g/mol.